The highest BCUT2D eigenvalue weighted by molar-refractivity contribution is 7.18. The Morgan fingerprint density at radius 2 is 1.83 bits per heavy atom. The second-order valence-electron chi connectivity index (χ2n) is 5.92. The Hall–Kier alpha value is -3.57. The first kappa shape index (κ1) is 20.2. The van der Waals surface area contributed by atoms with Gasteiger partial charge in [-0.3, -0.25) is 0 Å². The second kappa shape index (κ2) is 8.63. The molecular weight excluding hydrogens is 392 g/mol. The molecule has 1 aromatic heterocycles. The highest BCUT2D eigenvalue weighted by Crippen LogP contribution is 2.33. The normalized spacial score (nSPS) is 10.4. The number of benzene rings is 2. The lowest BCUT2D eigenvalue weighted by Gasteiger charge is -2.11. The number of thiophene rings is 1. The summed E-state index contributed by atoms with van der Waals surface area (Å²) >= 11 is 0.941. The Balaban J connectivity index is 1.92. The van der Waals surface area contributed by atoms with Gasteiger partial charge in [0.15, 0.2) is 0 Å². The largest absolute Gasteiger partial charge is 0.496 e. The minimum Gasteiger partial charge on any atom is -0.496 e. The first-order valence-electron chi connectivity index (χ1n) is 8.73. The monoisotopic (exact) mass is 410 g/mol. The minimum atomic E-state index is -0.605. The van der Waals surface area contributed by atoms with Gasteiger partial charge in [-0.15, -0.1) is 11.3 Å². The van der Waals surface area contributed by atoms with Crippen LogP contribution < -0.4 is 10.5 Å². The van der Waals surface area contributed by atoms with Crippen molar-refractivity contribution < 1.29 is 23.8 Å². The van der Waals surface area contributed by atoms with Gasteiger partial charge in [-0.2, -0.15) is 5.26 Å². The number of nitrogens with zero attached hydrogens (tertiary/aromatic N) is 1. The molecule has 8 heteroatoms. The van der Waals surface area contributed by atoms with Gasteiger partial charge in [-0.05, 0) is 24.4 Å². The van der Waals surface area contributed by atoms with Crippen molar-refractivity contribution in [3.8, 4) is 11.8 Å². The molecule has 0 spiro atoms. The van der Waals surface area contributed by atoms with E-state index in [0.29, 0.717) is 16.7 Å². The molecule has 0 saturated heterocycles. The lowest BCUT2D eigenvalue weighted by atomic mass is 10.0. The summed E-state index contributed by atoms with van der Waals surface area (Å²) in [6.07, 6.45) is 0. The number of carbonyl (C=O) groups is 2. The van der Waals surface area contributed by atoms with Crippen molar-refractivity contribution >= 4 is 39.0 Å². The van der Waals surface area contributed by atoms with E-state index in [4.69, 9.17) is 19.9 Å². The van der Waals surface area contributed by atoms with Crippen LogP contribution in [0, 0.1) is 11.3 Å². The zero-order valence-electron chi connectivity index (χ0n) is 15.9. The first-order chi connectivity index (χ1) is 14.0. The fourth-order valence-corrected chi connectivity index (χ4v) is 3.87. The summed E-state index contributed by atoms with van der Waals surface area (Å²) in [7, 11) is 1.56. The number of nitrogen functional groups attached to an aromatic ring is 1. The molecule has 0 unspecified atom stereocenters. The van der Waals surface area contributed by atoms with Gasteiger partial charge in [0.2, 0.25) is 0 Å². The standard InChI is InChI=1S/C21H18N2O5S/c1-3-27-21(25)18-16(15(10-22)19(23)29-18)11-28-20(24)14-8-9-17(26-2)13-7-5-4-6-12(13)14/h4-9H,3,11,23H2,1-2H3. The number of nitriles is 1. The van der Waals surface area contributed by atoms with Crippen molar-refractivity contribution in [2.24, 2.45) is 0 Å². The van der Waals surface area contributed by atoms with Crippen molar-refractivity contribution in [3.05, 3.63) is 58.0 Å². The third-order valence-corrected chi connectivity index (χ3v) is 5.32. The lowest BCUT2D eigenvalue weighted by Crippen LogP contribution is -2.10. The topological polar surface area (TPSA) is 112 Å². The van der Waals surface area contributed by atoms with Gasteiger partial charge in [-0.25, -0.2) is 9.59 Å². The van der Waals surface area contributed by atoms with Crippen LogP contribution in [0.2, 0.25) is 0 Å². The Morgan fingerprint density at radius 3 is 2.48 bits per heavy atom. The van der Waals surface area contributed by atoms with E-state index in [9.17, 15) is 14.9 Å². The van der Waals surface area contributed by atoms with Gasteiger partial charge in [0.1, 0.15) is 28.3 Å². The van der Waals surface area contributed by atoms with Crippen LogP contribution in [0.3, 0.4) is 0 Å². The predicted molar refractivity (Wildman–Crippen MR) is 109 cm³/mol. The molecule has 0 fully saturated rings. The summed E-state index contributed by atoms with van der Waals surface area (Å²) < 4.78 is 15.8. The van der Waals surface area contributed by atoms with Gasteiger partial charge in [0.25, 0.3) is 0 Å². The fourth-order valence-electron chi connectivity index (χ4n) is 2.95. The van der Waals surface area contributed by atoms with Crippen LogP contribution >= 0.6 is 11.3 Å². The van der Waals surface area contributed by atoms with Crippen LogP contribution in [0.5, 0.6) is 5.75 Å². The van der Waals surface area contributed by atoms with Crippen molar-refractivity contribution in [3.63, 3.8) is 0 Å². The van der Waals surface area contributed by atoms with Crippen molar-refractivity contribution in [1.29, 1.82) is 5.26 Å². The zero-order chi connectivity index (χ0) is 21.0. The summed E-state index contributed by atoms with van der Waals surface area (Å²) in [6, 6.07) is 12.6. The first-order valence-corrected chi connectivity index (χ1v) is 9.54. The maximum atomic E-state index is 12.8. The zero-order valence-corrected chi connectivity index (χ0v) is 16.7. The average molecular weight is 410 g/mol. The molecule has 1 heterocycles. The SMILES string of the molecule is CCOC(=O)c1sc(N)c(C#N)c1COC(=O)c1ccc(OC)c2ccccc12. The number of rotatable bonds is 6. The van der Waals surface area contributed by atoms with E-state index in [1.807, 2.05) is 24.3 Å². The molecule has 2 N–H and O–H groups in total. The molecule has 0 atom stereocenters. The Kier molecular flexibility index (Phi) is 6.00. The number of anilines is 1. The molecule has 3 rings (SSSR count). The smallest absolute Gasteiger partial charge is 0.348 e. The Labute approximate surface area is 171 Å². The summed E-state index contributed by atoms with van der Waals surface area (Å²) in [4.78, 5) is 25.1. The van der Waals surface area contributed by atoms with Crippen LogP contribution in [-0.2, 0) is 16.1 Å². The van der Waals surface area contributed by atoms with Crippen molar-refractivity contribution in [2.75, 3.05) is 19.5 Å². The molecular formula is C21H18N2O5S. The maximum absolute atomic E-state index is 12.8. The maximum Gasteiger partial charge on any atom is 0.348 e. The summed E-state index contributed by atoms with van der Waals surface area (Å²) in [5.74, 6) is -0.557. The van der Waals surface area contributed by atoms with Gasteiger partial charge < -0.3 is 19.9 Å². The summed E-state index contributed by atoms with van der Waals surface area (Å²) in [5, 5.41) is 11.0. The summed E-state index contributed by atoms with van der Waals surface area (Å²) in [6.45, 7) is 1.58. The van der Waals surface area contributed by atoms with Crippen LogP contribution in [0.25, 0.3) is 10.8 Å². The molecule has 29 heavy (non-hydrogen) atoms. The molecule has 0 aliphatic carbocycles. The number of hydrogen-bond acceptors (Lipinski definition) is 8. The molecule has 0 aliphatic rings. The van der Waals surface area contributed by atoms with E-state index in [1.165, 1.54) is 0 Å². The molecule has 0 bridgehead atoms. The van der Waals surface area contributed by atoms with Crippen LogP contribution in [-0.4, -0.2) is 25.7 Å². The lowest BCUT2D eigenvalue weighted by molar-refractivity contribution is 0.0454. The van der Waals surface area contributed by atoms with Crippen LogP contribution in [0.15, 0.2) is 36.4 Å². The molecule has 2 aromatic carbocycles. The van der Waals surface area contributed by atoms with E-state index in [1.54, 1.807) is 32.2 Å². The third kappa shape index (κ3) is 3.86. The highest BCUT2D eigenvalue weighted by atomic mass is 32.1. The number of nitrogens with two attached hydrogens (primary N) is 1. The summed E-state index contributed by atoms with van der Waals surface area (Å²) in [5.41, 5.74) is 6.56. The highest BCUT2D eigenvalue weighted by Gasteiger charge is 2.24. The number of esters is 2. The number of methoxy groups -OCH3 is 1. The third-order valence-electron chi connectivity index (χ3n) is 4.28. The van der Waals surface area contributed by atoms with Crippen molar-refractivity contribution in [1.82, 2.24) is 0 Å². The van der Waals surface area contributed by atoms with E-state index in [2.05, 4.69) is 0 Å². The van der Waals surface area contributed by atoms with Crippen LogP contribution in [0.1, 0.15) is 38.1 Å². The molecule has 0 saturated carbocycles. The molecule has 0 aliphatic heterocycles. The second-order valence-corrected chi connectivity index (χ2v) is 6.97. The van der Waals surface area contributed by atoms with Gasteiger partial charge in [-0.1, -0.05) is 24.3 Å². The van der Waals surface area contributed by atoms with Crippen molar-refractivity contribution in [2.45, 2.75) is 13.5 Å². The van der Waals surface area contributed by atoms with E-state index < -0.39 is 11.9 Å². The average Bonchev–Trinajstić information content (AvgIpc) is 3.06. The predicted octanol–water partition coefficient (Wildman–Crippen LogP) is 3.90. The number of fused-ring (bicyclic) bond motifs is 1. The molecule has 7 nitrogen and oxygen atoms in total. The van der Waals surface area contributed by atoms with Gasteiger partial charge in [0.05, 0.1) is 24.8 Å². The molecule has 3 aromatic rings. The Bertz CT molecular complexity index is 1130. The number of ether oxygens (including phenoxy) is 3. The number of hydrogen-bond donors (Lipinski definition) is 1. The van der Waals surface area contributed by atoms with Crippen LogP contribution in [0.4, 0.5) is 5.00 Å². The molecule has 0 amide bonds. The quantitative estimate of drug-likeness (QED) is 0.613. The van der Waals surface area contributed by atoms with Gasteiger partial charge in [0, 0.05) is 10.9 Å². The fraction of sp³-hybridized carbons (Fsp3) is 0.190. The van der Waals surface area contributed by atoms with Gasteiger partial charge >= 0.3 is 11.9 Å². The Morgan fingerprint density at radius 1 is 1.10 bits per heavy atom. The van der Waals surface area contributed by atoms with E-state index >= 15 is 0 Å². The van der Waals surface area contributed by atoms with E-state index in [-0.39, 0.29) is 34.2 Å². The minimum absolute atomic E-state index is 0.116. The van der Waals surface area contributed by atoms with E-state index in [0.717, 1.165) is 16.7 Å². The molecule has 148 valence electrons. The molecule has 0 radical (unpaired) electrons. The number of carbonyl (C=O) groups excluding carboxylic acids is 2.